The third-order valence-corrected chi connectivity index (χ3v) is 3.48. The van der Waals surface area contributed by atoms with E-state index in [4.69, 9.17) is 0 Å². The fourth-order valence-corrected chi connectivity index (χ4v) is 2.46. The number of nitrogens with one attached hydrogen (secondary N) is 1. The molecule has 1 aliphatic rings. The number of likely N-dealkylation sites (tertiary alicyclic amines) is 1. The zero-order valence-electron chi connectivity index (χ0n) is 10.7. The summed E-state index contributed by atoms with van der Waals surface area (Å²) in [4.78, 5) is 14.2. The van der Waals surface area contributed by atoms with E-state index in [0.717, 1.165) is 19.4 Å². The number of nitrogens with zero attached hydrogens (tertiary/aromatic N) is 6. The summed E-state index contributed by atoms with van der Waals surface area (Å²) in [5.41, 5.74) is 0.605. The fourth-order valence-electron chi connectivity index (χ4n) is 2.46. The van der Waals surface area contributed by atoms with Gasteiger partial charge in [-0.3, -0.25) is 9.48 Å². The van der Waals surface area contributed by atoms with Gasteiger partial charge in [-0.25, -0.2) is 0 Å². The summed E-state index contributed by atoms with van der Waals surface area (Å²) in [6.07, 6.45) is 3.56. The summed E-state index contributed by atoms with van der Waals surface area (Å²) in [6, 6.07) is 1.74. The van der Waals surface area contributed by atoms with Crippen molar-refractivity contribution in [3.63, 3.8) is 0 Å². The van der Waals surface area contributed by atoms with Crippen LogP contribution in [0, 0.1) is 0 Å². The molecule has 2 aromatic rings. The number of H-pyrrole nitrogens is 1. The SMILES string of the molecule is Cn1nccc1C(=O)N1CCC[C@H](c2nn[nH]n2)C1. The van der Waals surface area contributed by atoms with Gasteiger partial charge in [0.25, 0.3) is 5.91 Å². The van der Waals surface area contributed by atoms with Crippen LogP contribution in [0.4, 0.5) is 0 Å². The van der Waals surface area contributed by atoms with E-state index in [1.165, 1.54) is 0 Å². The number of hydrogen-bond acceptors (Lipinski definition) is 5. The highest BCUT2D eigenvalue weighted by molar-refractivity contribution is 5.92. The predicted octanol–water partition coefficient (Wildman–Crippen LogP) is -0.0470. The van der Waals surface area contributed by atoms with Gasteiger partial charge in [0.1, 0.15) is 5.69 Å². The summed E-state index contributed by atoms with van der Waals surface area (Å²) in [7, 11) is 1.77. The number of hydrogen-bond donors (Lipinski definition) is 1. The molecule has 100 valence electrons. The maximum absolute atomic E-state index is 12.4. The minimum Gasteiger partial charge on any atom is -0.337 e. The van der Waals surface area contributed by atoms with Crippen molar-refractivity contribution in [2.75, 3.05) is 13.1 Å². The smallest absolute Gasteiger partial charge is 0.272 e. The molecular formula is C11H15N7O. The van der Waals surface area contributed by atoms with E-state index in [0.29, 0.717) is 18.1 Å². The van der Waals surface area contributed by atoms with Gasteiger partial charge in [0, 0.05) is 32.3 Å². The molecule has 0 aliphatic carbocycles. The van der Waals surface area contributed by atoms with Gasteiger partial charge in [0.15, 0.2) is 5.82 Å². The number of aromatic nitrogens is 6. The van der Waals surface area contributed by atoms with Crippen LogP contribution in [0.1, 0.15) is 35.1 Å². The molecule has 8 heteroatoms. The first-order valence-electron chi connectivity index (χ1n) is 6.26. The molecule has 1 N–H and O–H groups in total. The molecule has 1 fully saturated rings. The minimum atomic E-state index is 0.00759. The Morgan fingerprint density at radius 3 is 3.11 bits per heavy atom. The molecule has 3 heterocycles. The van der Waals surface area contributed by atoms with Crippen molar-refractivity contribution in [1.82, 2.24) is 35.3 Å². The number of amides is 1. The Bertz CT molecular complexity index is 561. The second-order valence-corrected chi connectivity index (χ2v) is 4.70. The van der Waals surface area contributed by atoms with Crippen LogP contribution in [0.5, 0.6) is 0 Å². The Morgan fingerprint density at radius 1 is 1.53 bits per heavy atom. The largest absolute Gasteiger partial charge is 0.337 e. The molecule has 1 amide bonds. The van der Waals surface area contributed by atoms with Crippen molar-refractivity contribution in [3.05, 3.63) is 23.8 Å². The van der Waals surface area contributed by atoms with Crippen LogP contribution in [-0.2, 0) is 7.05 Å². The molecule has 1 atom stereocenters. The monoisotopic (exact) mass is 261 g/mol. The van der Waals surface area contributed by atoms with Crippen LogP contribution in [0.25, 0.3) is 0 Å². The fraction of sp³-hybridized carbons (Fsp3) is 0.545. The van der Waals surface area contributed by atoms with E-state index in [-0.39, 0.29) is 11.8 Å². The van der Waals surface area contributed by atoms with E-state index >= 15 is 0 Å². The zero-order valence-corrected chi connectivity index (χ0v) is 10.7. The van der Waals surface area contributed by atoms with Crippen molar-refractivity contribution in [2.24, 2.45) is 7.05 Å². The number of aromatic amines is 1. The highest BCUT2D eigenvalue weighted by Gasteiger charge is 2.28. The summed E-state index contributed by atoms with van der Waals surface area (Å²) in [5, 5.41) is 18.1. The average Bonchev–Trinajstić information content (AvgIpc) is 3.09. The molecule has 0 spiro atoms. The second kappa shape index (κ2) is 4.79. The van der Waals surface area contributed by atoms with Gasteiger partial charge < -0.3 is 4.90 Å². The third-order valence-electron chi connectivity index (χ3n) is 3.48. The maximum Gasteiger partial charge on any atom is 0.272 e. The third kappa shape index (κ3) is 2.20. The lowest BCUT2D eigenvalue weighted by atomic mass is 9.97. The summed E-state index contributed by atoms with van der Waals surface area (Å²) in [5.74, 6) is 0.848. The number of piperidine rings is 1. The van der Waals surface area contributed by atoms with Crippen LogP contribution in [0.15, 0.2) is 12.3 Å². The molecule has 0 radical (unpaired) electrons. The average molecular weight is 261 g/mol. The van der Waals surface area contributed by atoms with Gasteiger partial charge >= 0.3 is 0 Å². The van der Waals surface area contributed by atoms with Gasteiger partial charge in [0.2, 0.25) is 0 Å². The van der Waals surface area contributed by atoms with E-state index in [9.17, 15) is 4.79 Å². The molecule has 3 rings (SSSR count). The van der Waals surface area contributed by atoms with Crippen LogP contribution in [-0.4, -0.2) is 54.3 Å². The van der Waals surface area contributed by atoms with Crippen molar-refractivity contribution in [2.45, 2.75) is 18.8 Å². The maximum atomic E-state index is 12.4. The van der Waals surface area contributed by atoms with Crippen LogP contribution < -0.4 is 0 Å². The van der Waals surface area contributed by atoms with Crippen molar-refractivity contribution >= 4 is 5.91 Å². The van der Waals surface area contributed by atoms with Gasteiger partial charge in [-0.05, 0) is 18.9 Å². The second-order valence-electron chi connectivity index (χ2n) is 4.70. The first-order chi connectivity index (χ1) is 9.25. The van der Waals surface area contributed by atoms with Crippen molar-refractivity contribution in [3.8, 4) is 0 Å². The molecule has 2 aromatic heterocycles. The van der Waals surface area contributed by atoms with E-state index < -0.39 is 0 Å². The Morgan fingerprint density at radius 2 is 2.42 bits per heavy atom. The molecule has 1 aliphatic heterocycles. The quantitative estimate of drug-likeness (QED) is 0.818. The van der Waals surface area contributed by atoms with Gasteiger partial charge in [-0.2, -0.15) is 10.3 Å². The standard InChI is InChI=1S/C11H15N7O/c1-17-9(4-5-12-17)11(19)18-6-2-3-8(7-18)10-13-15-16-14-10/h4-5,8H,2-3,6-7H2,1H3,(H,13,14,15,16)/t8-/m0/s1. The Hall–Kier alpha value is -2.25. The predicted molar refractivity (Wildman–Crippen MR) is 65.3 cm³/mol. The van der Waals surface area contributed by atoms with Gasteiger partial charge in [0.05, 0.1) is 0 Å². The van der Waals surface area contributed by atoms with Crippen molar-refractivity contribution in [1.29, 1.82) is 0 Å². The van der Waals surface area contributed by atoms with Gasteiger partial charge in [-0.1, -0.05) is 5.21 Å². The number of tetrazole rings is 1. The van der Waals surface area contributed by atoms with E-state index in [1.54, 1.807) is 24.0 Å². The van der Waals surface area contributed by atoms with Crippen LogP contribution in [0.2, 0.25) is 0 Å². The normalized spacial score (nSPS) is 19.6. The lowest BCUT2D eigenvalue weighted by Crippen LogP contribution is -2.40. The lowest BCUT2D eigenvalue weighted by molar-refractivity contribution is 0.0693. The summed E-state index contributed by atoms with van der Waals surface area (Å²) < 4.78 is 1.60. The molecule has 0 unspecified atom stereocenters. The molecule has 8 nitrogen and oxygen atoms in total. The van der Waals surface area contributed by atoms with Crippen LogP contribution >= 0.6 is 0 Å². The van der Waals surface area contributed by atoms with Crippen LogP contribution in [0.3, 0.4) is 0 Å². The topological polar surface area (TPSA) is 92.6 Å². The molecule has 0 bridgehead atoms. The molecule has 0 saturated carbocycles. The Labute approximate surface area is 109 Å². The summed E-state index contributed by atoms with van der Waals surface area (Å²) in [6.45, 7) is 1.39. The van der Waals surface area contributed by atoms with E-state index in [1.807, 2.05) is 4.90 Å². The minimum absolute atomic E-state index is 0.00759. The molecular weight excluding hydrogens is 246 g/mol. The number of carbonyl (C=O) groups excluding carboxylic acids is 1. The Kier molecular flexibility index (Phi) is 2.98. The van der Waals surface area contributed by atoms with E-state index in [2.05, 4.69) is 25.7 Å². The summed E-state index contributed by atoms with van der Waals surface area (Å²) >= 11 is 0. The highest BCUT2D eigenvalue weighted by atomic mass is 16.2. The van der Waals surface area contributed by atoms with Gasteiger partial charge in [-0.15, -0.1) is 10.2 Å². The Balaban J connectivity index is 1.75. The molecule has 0 aromatic carbocycles. The number of aryl methyl sites for hydroxylation is 1. The highest BCUT2D eigenvalue weighted by Crippen LogP contribution is 2.24. The first kappa shape index (κ1) is 11.8. The number of carbonyl (C=O) groups is 1. The zero-order chi connectivity index (χ0) is 13.2. The number of rotatable bonds is 2. The first-order valence-corrected chi connectivity index (χ1v) is 6.26. The molecule has 19 heavy (non-hydrogen) atoms. The van der Waals surface area contributed by atoms with Crippen molar-refractivity contribution < 1.29 is 4.79 Å². The lowest BCUT2D eigenvalue weighted by Gasteiger charge is -2.31. The molecule has 1 saturated heterocycles.